The third-order valence-corrected chi connectivity index (χ3v) is 4.66. The van der Waals surface area contributed by atoms with E-state index in [0.717, 1.165) is 32.1 Å². The van der Waals surface area contributed by atoms with Gasteiger partial charge in [-0.25, -0.2) is 0 Å². The van der Waals surface area contributed by atoms with Gasteiger partial charge in [0, 0.05) is 18.8 Å². The second-order valence-corrected chi connectivity index (χ2v) is 7.35. The molecule has 0 aromatic carbocycles. The third-order valence-electron chi connectivity index (χ3n) is 4.66. The van der Waals surface area contributed by atoms with Crippen molar-refractivity contribution in [1.82, 2.24) is 5.32 Å². The molecule has 0 unspecified atom stereocenters. The fourth-order valence-corrected chi connectivity index (χ4v) is 2.98. The number of hydrogen-bond acceptors (Lipinski definition) is 5. The zero-order valence-electron chi connectivity index (χ0n) is 19.4. The Kier molecular flexibility index (Phi) is 32.0. The number of rotatable bonds is 19. The van der Waals surface area contributed by atoms with Crippen LogP contribution in [0.1, 0.15) is 103 Å². The number of carboxylic acids is 2. The summed E-state index contributed by atoms with van der Waals surface area (Å²) in [5.74, 6) is -3.61. The second kappa shape index (κ2) is 26.7. The van der Waals surface area contributed by atoms with Crippen molar-refractivity contribution in [3.63, 3.8) is 0 Å². The zero-order chi connectivity index (χ0) is 21.0. The van der Waals surface area contributed by atoms with E-state index in [1.807, 2.05) is 0 Å². The molecule has 0 aromatic heterocycles. The summed E-state index contributed by atoms with van der Waals surface area (Å²) >= 11 is 0. The largest absolute Gasteiger partial charge is 1.00 e. The molecule has 6 nitrogen and oxygen atoms in total. The smallest absolute Gasteiger partial charge is 0.550 e. The first kappa shape index (κ1) is 36.0. The van der Waals surface area contributed by atoms with Crippen LogP contribution in [0.2, 0.25) is 0 Å². The monoisotopic (exact) mass is 473 g/mol. The van der Waals surface area contributed by atoms with E-state index in [9.17, 15) is 24.6 Å². The number of amides is 1. The summed E-state index contributed by atoms with van der Waals surface area (Å²) < 4.78 is 0. The van der Waals surface area contributed by atoms with E-state index in [2.05, 4.69) is 24.4 Å². The van der Waals surface area contributed by atoms with Gasteiger partial charge in [0.25, 0.3) is 0 Å². The number of carboxylic acid groups (broad SMARTS) is 2. The molecular weight excluding hydrogens is 436 g/mol. The van der Waals surface area contributed by atoms with Gasteiger partial charge in [0.15, 0.2) is 0 Å². The normalized spacial score (nSPS) is 11.4. The van der Waals surface area contributed by atoms with Gasteiger partial charge in [-0.3, -0.25) is 4.79 Å². The van der Waals surface area contributed by atoms with Crippen LogP contribution < -0.4 is 118 Å². The summed E-state index contributed by atoms with van der Waals surface area (Å²) in [4.78, 5) is 32.9. The maximum absolute atomic E-state index is 11.6. The number of nitrogens with one attached hydrogen (secondary N) is 1. The second-order valence-electron chi connectivity index (χ2n) is 7.35. The SMILES string of the molecule is CCCCCCCC/C=C\CCCCCCCC(=O)N[C@@H](CC(=O)[O-])C(=O)[O-].[K+].[K+]. The minimum Gasteiger partial charge on any atom is -0.550 e. The van der Waals surface area contributed by atoms with E-state index in [0.29, 0.717) is 6.42 Å². The van der Waals surface area contributed by atoms with Crippen molar-refractivity contribution < 1.29 is 127 Å². The molecule has 0 aromatic rings. The first-order chi connectivity index (χ1) is 13.5. The van der Waals surface area contributed by atoms with Crippen LogP contribution in [-0.4, -0.2) is 23.9 Å². The quantitative estimate of drug-likeness (QED) is 0.118. The molecule has 0 heterocycles. The third kappa shape index (κ3) is 25.7. The molecule has 8 heteroatoms. The Morgan fingerprint density at radius 2 is 1.23 bits per heavy atom. The molecule has 0 rings (SSSR count). The van der Waals surface area contributed by atoms with Gasteiger partial charge < -0.3 is 25.1 Å². The Bertz CT molecular complexity index is 472. The fourth-order valence-electron chi connectivity index (χ4n) is 2.98. The standard InChI is InChI=1S/C22H39NO5.2K/c1-2-3-4-5-6-7-8-9-10-11-12-13-14-15-16-17-20(24)23-19(22(27)28)18-21(25)26;;/h9-10,19H,2-8,11-18H2,1H3,(H,23,24)(H,25,26)(H,27,28);;/q;2*+1/p-2/b10-9-;;/t19-;;/m0../s1. The van der Waals surface area contributed by atoms with E-state index >= 15 is 0 Å². The molecule has 1 N–H and O–H groups in total. The first-order valence-corrected chi connectivity index (χ1v) is 10.8. The molecule has 0 aliphatic carbocycles. The van der Waals surface area contributed by atoms with Crippen molar-refractivity contribution in [3.05, 3.63) is 12.2 Å². The molecule has 0 saturated carbocycles. The van der Waals surface area contributed by atoms with E-state index < -0.39 is 30.3 Å². The van der Waals surface area contributed by atoms with Crippen LogP contribution in [0.15, 0.2) is 12.2 Å². The number of carbonyl (C=O) groups is 3. The predicted molar refractivity (Wildman–Crippen MR) is 106 cm³/mol. The van der Waals surface area contributed by atoms with Crippen molar-refractivity contribution >= 4 is 17.8 Å². The van der Waals surface area contributed by atoms with E-state index in [4.69, 9.17) is 0 Å². The van der Waals surface area contributed by atoms with Crippen LogP contribution in [0.5, 0.6) is 0 Å². The van der Waals surface area contributed by atoms with Crippen LogP contribution in [0, 0.1) is 0 Å². The molecule has 0 aliphatic heterocycles. The van der Waals surface area contributed by atoms with Gasteiger partial charge in [0.1, 0.15) is 0 Å². The van der Waals surface area contributed by atoms with E-state index in [1.165, 1.54) is 44.9 Å². The Hall–Kier alpha value is 1.42. The van der Waals surface area contributed by atoms with Gasteiger partial charge in [-0.1, -0.05) is 70.4 Å². The summed E-state index contributed by atoms with van der Waals surface area (Å²) in [6, 6.07) is -1.53. The van der Waals surface area contributed by atoms with Crippen LogP contribution in [-0.2, 0) is 14.4 Å². The molecule has 0 saturated heterocycles. The predicted octanol–water partition coefficient (Wildman–Crippen LogP) is -3.59. The summed E-state index contributed by atoms with van der Waals surface area (Å²) in [7, 11) is 0. The summed E-state index contributed by atoms with van der Waals surface area (Å²) in [5, 5.41) is 23.4. The molecule has 0 radical (unpaired) electrons. The molecule has 0 fully saturated rings. The van der Waals surface area contributed by atoms with Crippen molar-refractivity contribution in [2.45, 2.75) is 109 Å². The number of hydrogen-bond donors (Lipinski definition) is 1. The maximum atomic E-state index is 11.6. The first-order valence-electron chi connectivity index (χ1n) is 10.8. The van der Waals surface area contributed by atoms with Gasteiger partial charge >= 0.3 is 103 Å². The van der Waals surface area contributed by atoms with Crippen LogP contribution in [0.25, 0.3) is 0 Å². The van der Waals surface area contributed by atoms with Gasteiger partial charge in [0.05, 0.1) is 12.0 Å². The molecule has 0 bridgehead atoms. The Labute approximate surface area is 267 Å². The molecule has 1 amide bonds. The maximum Gasteiger partial charge on any atom is 1.00 e. The van der Waals surface area contributed by atoms with Crippen molar-refractivity contribution in [2.75, 3.05) is 0 Å². The Morgan fingerprint density at radius 1 is 0.767 bits per heavy atom. The van der Waals surface area contributed by atoms with Crippen LogP contribution in [0.4, 0.5) is 0 Å². The minimum atomic E-state index is -1.61. The molecule has 0 aliphatic rings. The van der Waals surface area contributed by atoms with Gasteiger partial charge in [-0.15, -0.1) is 0 Å². The number of allylic oxidation sites excluding steroid dienone is 2. The zero-order valence-corrected chi connectivity index (χ0v) is 25.6. The van der Waals surface area contributed by atoms with E-state index in [-0.39, 0.29) is 109 Å². The molecule has 30 heavy (non-hydrogen) atoms. The van der Waals surface area contributed by atoms with Crippen LogP contribution in [0.3, 0.4) is 0 Å². The molecule has 162 valence electrons. The van der Waals surface area contributed by atoms with Gasteiger partial charge in [-0.2, -0.15) is 0 Å². The summed E-state index contributed by atoms with van der Waals surface area (Å²) in [6.45, 7) is 2.23. The molecule has 0 spiro atoms. The average molecular weight is 474 g/mol. The minimum absolute atomic E-state index is 0. The summed E-state index contributed by atoms with van der Waals surface area (Å²) in [5.41, 5.74) is 0. The summed E-state index contributed by atoms with van der Waals surface area (Å²) in [6.07, 6.45) is 19.0. The Morgan fingerprint density at radius 3 is 1.70 bits per heavy atom. The average Bonchev–Trinajstić information content (AvgIpc) is 2.64. The Balaban J connectivity index is -0.00000364. The van der Waals surface area contributed by atoms with Crippen molar-refractivity contribution in [1.29, 1.82) is 0 Å². The van der Waals surface area contributed by atoms with Crippen molar-refractivity contribution in [2.24, 2.45) is 0 Å². The number of aliphatic carboxylic acids is 2. The fraction of sp³-hybridized carbons (Fsp3) is 0.773. The van der Waals surface area contributed by atoms with Gasteiger partial charge in [-0.05, 0) is 32.1 Å². The van der Waals surface area contributed by atoms with Gasteiger partial charge in [0.2, 0.25) is 5.91 Å². The molecular formula is C22H37K2NO5. The van der Waals surface area contributed by atoms with E-state index in [1.54, 1.807) is 0 Å². The number of unbranched alkanes of at least 4 members (excludes halogenated alkanes) is 11. The van der Waals surface area contributed by atoms with Crippen LogP contribution >= 0.6 is 0 Å². The topological polar surface area (TPSA) is 109 Å². The number of carbonyl (C=O) groups excluding carboxylic acids is 3. The van der Waals surface area contributed by atoms with Crippen molar-refractivity contribution in [3.8, 4) is 0 Å². The molecule has 1 atom stereocenters.